The Morgan fingerprint density at radius 3 is 2.81 bits per heavy atom. The van der Waals surface area contributed by atoms with Gasteiger partial charge in [-0.05, 0) is 63.0 Å². The summed E-state index contributed by atoms with van der Waals surface area (Å²) in [4.78, 5) is 18.8. The number of piperidine rings is 1. The standard InChI is InChI=1S/C24H39N5OS.HI/c1-3-26-24(28-21-10-5-11-22(14-21)31-2)27-15-18-7-4-8-19(13-18)16-29-12-6-9-20(17-29)23(25)30;/h4,7-8,13,20-22H,3,5-6,9-12,14-17H2,1-2H3,(H2,25,30)(H2,26,27,28);1H. The van der Waals surface area contributed by atoms with E-state index in [2.05, 4.69) is 53.0 Å². The molecule has 0 aromatic heterocycles. The van der Waals surface area contributed by atoms with Crippen molar-refractivity contribution >= 4 is 47.6 Å². The Kier molecular flexibility index (Phi) is 12.2. The minimum absolute atomic E-state index is 0. The molecule has 3 rings (SSSR count). The minimum atomic E-state index is -0.168. The van der Waals surface area contributed by atoms with Gasteiger partial charge in [0.25, 0.3) is 0 Å². The van der Waals surface area contributed by atoms with Crippen LogP contribution in [-0.4, -0.2) is 53.9 Å². The number of carbonyl (C=O) groups excluding carboxylic acids is 1. The van der Waals surface area contributed by atoms with Gasteiger partial charge in [-0.25, -0.2) is 4.99 Å². The Labute approximate surface area is 215 Å². The lowest BCUT2D eigenvalue weighted by molar-refractivity contribution is -0.123. The molecule has 6 nitrogen and oxygen atoms in total. The normalized spacial score (nSPS) is 24.4. The fourth-order valence-corrected chi connectivity index (χ4v) is 5.52. The third-order valence-electron chi connectivity index (χ3n) is 6.37. The van der Waals surface area contributed by atoms with Gasteiger partial charge in [-0.2, -0.15) is 11.8 Å². The Morgan fingerprint density at radius 1 is 1.25 bits per heavy atom. The second kappa shape index (κ2) is 14.3. The SMILES string of the molecule is CCNC(=NCc1cccc(CN2CCCC(C(N)=O)C2)c1)NC1CCCC(SC)C1.I. The highest BCUT2D eigenvalue weighted by Crippen LogP contribution is 2.26. The molecule has 1 aromatic carbocycles. The molecule has 3 unspecified atom stereocenters. The predicted octanol–water partition coefficient (Wildman–Crippen LogP) is 3.73. The van der Waals surface area contributed by atoms with Gasteiger partial charge in [0.05, 0.1) is 12.5 Å². The van der Waals surface area contributed by atoms with E-state index in [0.29, 0.717) is 12.6 Å². The fourth-order valence-electron chi connectivity index (χ4n) is 4.69. The Bertz CT molecular complexity index is 747. The van der Waals surface area contributed by atoms with Crippen molar-refractivity contribution < 1.29 is 4.79 Å². The lowest BCUT2D eigenvalue weighted by Crippen LogP contribution is -2.45. The van der Waals surface area contributed by atoms with Crippen molar-refractivity contribution in [2.24, 2.45) is 16.6 Å². The highest BCUT2D eigenvalue weighted by Gasteiger charge is 2.24. The molecule has 2 aliphatic rings. The molecule has 3 atom stereocenters. The number of nitrogens with two attached hydrogens (primary N) is 1. The molecule has 0 radical (unpaired) electrons. The number of benzene rings is 1. The molecule has 0 spiro atoms. The van der Waals surface area contributed by atoms with Crippen molar-refractivity contribution in [2.45, 2.75) is 69.8 Å². The predicted molar refractivity (Wildman–Crippen MR) is 147 cm³/mol. The molecule has 1 aliphatic heterocycles. The molecule has 1 heterocycles. The summed E-state index contributed by atoms with van der Waals surface area (Å²) < 4.78 is 0. The second-order valence-corrected chi connectivity index (χ2v) is 10.00. The smallest absolute Gasteiger partial charge is 0.221 e. The van der Waals surface area contributed by atoms with Gasteiger partial charge >= 0.3 is 0 Å². The van der Waals surface area contributed by atoms with Crippen LogP contribution in [0.4, 0.5) is 0 Å². The van der Waals surface area contributed by atoms with Gasteiger partial charge in [0.1, 0.15) is 0 Å². The van der Waals surface area contributed by atoms with Crippen molar-refractivity contribution in [3.8, 4) is 0 Å². The number of hydrogen-bond acceptors (Lipinski definition) is 4. The molecule has 1 amide bonds. The summed E-state index contributed by atoms with van der Waals surface area (Å²) in [6.07, 6.45) is 9.22. The van der Waals surface area contributed by atoms with E-state index in [1.165, 1.54) is 36.8 Å². The highest BCUT2D eigenvalue weighted by molar-refractivity contribution is 14.0. The average Bonchev–Trinajstić information content (AvgIpc) is 2.78. The van der Waals surface area contributed by atoms with Gasteiger partial charge in [0, 0.05) is 30.9 Å². The second-order valence-electron chi connectivity index (χ2n) is 8.86. The van der Waals surface area contributed by atoms with Crippen molar-refractivity contribution in [2.75, 3.05) is 25.9 Å². The van der Waals surface area contributed by atoms with E-state index < -0.39 is 0 Å². The van der Waals surface area contributed by atoms with Crippen molar-refractivity contribution in [3.63, 3.8) is 0 Å². The van der Waals surface area contributed by atoms with Crippen LogP contribution in [0.15, 0.2) is 29.3 Å². The number of nitrogens with one attached hydrogen (secondary N) is 2. The highest BCUT2D eigenvalue weighted by atomic mass is 127. The third kappa shape index (κ3) is 8.74. The summed E-state index contributed by atoms with van der Waals surface area (Å²) in [6, 6.07) is 9.16. The number of rotatable bonds is 8. The zero-order chi connectivity index (χ0) is 22.1. The van der Waals surface area contributed by atoms with E-state index in [0.717, 1.165) is 50.2 Å². The van der Waals surface area contributed by atoms with Crippen LogP contribution in [-0.2, 0) is 17.9 Å². The van der Waals surface area contributed by atoms with Gasteiger partial charge in [-0.1, -0.05) is 30.7 Å². The molecule has 2 fully saturated rings. The Hall–Kier alpha value is -1.00. The number of likely N-dealkylation sites (tertiary alicyclic amines) is 1. The number of carbonyl (C=O) groups is 1. The summed E-state index contributed by atoms with van der Waals surface area (Å²) in [5.41, 5.74) is 8.01. The number of nitrogens with zero attached hydrogens (tertiary/aromatic N) is 2. The number of thioether (sulfide) groups is 1. The zero-order valence-corrected chi connectivity index (χ0v) is 22.7. The molecule has 4 N–H and O–H groups in total. The molecule has 1 aromatic rings. The lowest BCUT2D eigenvalue weighted by atomic mass is 9.95. The topological polar surface area (TPSA) is 82.8 Å². The summed E-state index contributed by atoms with van der Waals surface area (Å²) in [6.45, 7) is 6.29. The van der Waals surface area contributed by atoms with E-state index in [1.54, 1.807) is 0 Å². The molecule has 0 bridgehead atoms. The fraction of sp³-hybridized carbons (Fsp3) is 0.667. The molecule has 1 saturated carbocycles. The maximum atomic E-state index is 11.6. The Morgan fingerprint density at radius 2 is 2.06 bits per heavy atom. The van der Waals surface area contributed by atoms with Gasteiger partial charge in [0.15, 0.2) is 5.96 Å². The summed E-state index contributed by atoms with van der Waals surface area (Å²) in [7, 11) is 0. The summed E-state index contributed by atoms with van der Waals surface area (Å²) in [5.74, 6) is 0.735. The minimum Gasteiger partial charge on any atom is -0.369 e. The largest absolute Gasteiger partial charge is 0.369 e. The van der Waals surface area contributed by atoms with E-state index in [-0.39, 0.29) is 35.8 Å². The maximum absolute atomic E-state index is 11.6. The number of halogens is 1. The number of guanidine groups is 1. The van der Waals surface area contributed by atoms with E-state index in [4.69, 9.17) is 10.7 Å². The first-order valence-corrected chi connectivity index (χ1v) is 13.0. The van der Waals surface area contributed by atoms with Gasteiger partial charge < -0.3 is 16.4 Å². The van der Waals surface area contributed by atoms with Gasteiger partial charge in [-0.15, -0.1) is 24.0 Å². The summed E-state index contributed by atoms with van der Waals surface area (Å²) >= 11 is 1.99. The van der Waals surface area contributed by atoms with Crippen molar-refractivity contribution in [1.82, 2.24) is 15.5 Å². The first kappa shape index (κ1) is 27.2. The number of amides is 1. The number of hydrogen-bond donors (Lipinski definition) is 3. The monoisotopic (exact) mass is 573 g/mol. The van der Waals surface area contributed by atoms with Crippen LogP contribution < -0.4 is 16.4 Å². The first-order valence-electron chi connectivity index (χ1n) is 11.7. The molecule has 180 valence electrons. The molecule has 8 heteroatoms. The van der Waals surface area contributed by atoms with Crippen molar-refractivity contribution in [1.29, 1.82) is 0 Å². The Balaban J connectivity index is 0.00000363. The number of aliphatic imine (C=N–C) groups is 1. The molecular weight excluding hydrogens is 533 g/mol. The first-order chi connectivity index (χ1) is 15.1. The molecule has 1 aliphatic carbocycles. The number of primary amides is 1. The van der Waals surface area contributed by atoms with Crippen LogP contribution in [0.25, 0.3) is 0 Å². The van der Waals surface area contributed by atoms with E-state index in [9.17, 15) is 4.79 Å². The van der Waals surface area contributed by atoms with Crippen LogP contribution in [0, 0.1) is 5.92 Å². The van der Waals surface area contributed by atoms with Crippen LogP contribution in [0.2, 0.25) is 0 Å². The summed E-state index contributed by atoms with van der Waals surface area (Å²) in [5, 5.41) is 7.83. The molecule has 32 heavy (non-hydrogen) atoms. The molecular formula is C24H40IN5OS. The maximum Gasteiger partial charge on any atom is 0.221 e. The van der Waals surface area contributed by atoms with Gasteiger partial charge in [-0.3, -0.25) is 9.69 Å². The zero-order valence-electron chi connectivity index (χ0n) is 19.5. The van der Waals surface area contributed by atoms with Crippen LogP contribution in [0.1, 0.15) is 56.6 Å². The van der Waals surface area contributed by atoms with Gasteiger partial charge in [0.2, 0.25) is 5.91 Å². The lowest BCUT2D eigenvalue weighted by Gasteiger charge is -2.31. The molecule has 1 saturated heterocycles. The van der Waals surface area contributed by atoms with Crippen molar-refractivity contribution in [3.05, 3.63) is 35.4 Å². The van der Waals surface area contributed by atoms with E-state index in [1.807, 2.05) is 11.8 Å². The van der Waals surface area contributed by atoms with Crippen LogP contribution in [0.3, 0.4) is 0 Å². The van der Waals surface area contributed by atoms with Crippen LogP contribution in [0.5, 0.6) is 0 Å². The average molecular weight is 574 g/mol. The quantitative estimate of drug-likeness (QED) is 0.251. The van der Waals surface area contributed by atoms with Crippen LogP contribution >= 0.6 is 35.7 Å². The third-order valence-corrected chi connectivity index (χ3v) is 7.46. The van der Waals surface area contributed by atoms with E-state index >= 15 is 0 Å².